The van der Waals surface area contributed by atoms with Gasteiger partial charge in [0, 0.05) is 12.6 Å². The molecule has 0 aliphatic carbocycles. The first-order chi connectivity index (χ1) is 5.16. The van der Waals surface area contributed by atoms with Gasteiger partial charge in [-0.25, -0.2) is 0 Å². The van der Waals surface area contributed by atoms with Gasteiger partial charge in [-0.3, -0.25) is 4.79 Å². The number of carbonyl (C=O) groups is 1. The van der Waals surface area contributed by atoms with Crippen molar-refractivity contribution in [3.8, 4) is 0 Å². The van der Waals surface area contributed by atoms with E-state index in [0.717, 1.165) is 0 Å². The van der Waals surface area contributed by atoms with Crippen molar-refractivity contribution in [1.82, 2.24) is 5.32 Å². The zero-order valence-corrected chi connectivity index (χ0v) is 7.52. The summed E-state index contributed by atoms with van der Waals surface area (Å²) in [6, 6.07) is 0.435. The summed E-state index contributed by atoms with van der Waals surface area (Å²) in [5.41, 5.74) is 0. The van der Waals surface area contributed by atoms with Crippen molar-refractivity contribution in [2.75, 3.05) is 13.2 Å². The number of hydrogen-bond donors (Lipinski definition) is 1. The minimum absolute atomic E-state index is 0.124. The normalized spacial score (nSPS) is 10.2. The fourth-order valence-electron chi connectivity index (χ4n) is 0.696. The highest BCUT2D eigenvalue weighted by molar-refractivity contribution is 5.69. The summed E-state index contributed by atoms with van der Waals surface area (Å²) in [5, 5.41) is 3.13. The average molecular weight is 159 g/mol. The second kappa shape index (κ2) is 6.16. The molecule has 0 aromatic carbocycles. The van der Waals surface area contributed by atoms with E-state index < -0.39 is 0 Å². The van der Waals surface area contributed by atoms with Gasteiger partial charge >= 0.3 is 5.97 Å². The van der Waals surface area contributed by atoms with E-state index in [4.69, 9.17) is 4.74 Å². The maximum Gasteiger partial charge on any atom is 0.307 e. The minimum atomic E-state index is -0.124. The predicted octanol–water partition coefficient (Wildman–Crippen LogP) is 0.938. The number of ether oxygens (including phenoxy) is 1. The van der Waals surface area contributed by atoms with Crippen molar-refractivity contribution in [2.24, 2.45) is 0 Å². The summed E-state index contributed by atoms with van der Waals surface area (Å²) in [4.78, 5) is 10.8. The Labute approximate surface area is 68.1 Å². The molecule has 0 aliphatic heterocycles. The Hall–Kier alpha value is -0.570. The number of rotatable bonds is 5. The highest BCUT2D eigenvalue weighted by Crippen LogP contribution is 1.85. The highest BCUT2D eigenvalue weighted by Gasteiger charge is 2.00. The molecule has 0 saturated carbocycles. The molecule has 11 heavy (non-hydrogen) atoms. The van der Waals surface area contributed by atoms with E-state index in [1.54, 1.807) is 0 Å². The molecule has 0 fully saturated rings. The van der Waals surface area contributed by atoms with Crippen LogP contribution in [0.5, 0.6) is 0 Å². The number of hydrogen-bond acceptors (Lipinski definition) is 3. The minimum Gasteiger partial charge on any atom is -0.466 e. The van der Waals surface area contributed by atoms with Crippen LogP contribution in [0, 0.1) is 0 Å². The molecule has 0 unspecified atom stereocenters. The van der Waals surface area contributed by atoms with Crippen LogP contribution in [0.15, 0.2) is 0 Å². The van der Waals surface area contributed by atoms with Crippen molar-refractivity contribution in [3.05, 3.63) is 0 Å². The largest absolute Gasteiger partial charge is 0.466 e. The number of nitrogens with one attached hydrogen (secondary N) is 1. The van der Waals surface area contributed by atoms with Gasteiger partial charge in [0.25, 0.3) is 0 Å². The summed E-state index contributed by atoms with van der Waals surface area (Å²) in [5.74, 6) is -0.124. The predicted molar refractivity (Wildman–Crippen MR) is 44.4 cm³/mol. The third-order valence-electron chi connectivity index (χ3n) is 1.19. The lowest BCUT2D eigenvalue weighted by atomic mass is 10.3. The zero-order chi connectivity index (χ0) is 8.69. The maximum atomic E-state index is 10.8. The van der Waals surface area contributed by atoms with Gasteiger partial charge in [-0.1, -0.05) is 13.8 Å². The monoisotopic (exact) mass is 159 g/mol. The molecule has 0 heterocycles. The van der Waals surface area contributed by atoms with Crippen molar-refractivity contribution < 1.29 is 9.53 Å². The van der Waals surface area contributed by atoms with Gasteiger partial charge in [-0.05, 0) is 6.92 Å². The third-order valence-corrected chi connectivity index (χ3v) is 1.19. The fraction of sp³-hybridized carbons (Fsp3) is 0.875. The Morgan fingerprint density at radius 3 is 2.64 bits per heavy atom. The van der Waals surface area contributed by atoms with E-state index in [9.17, 15) is 4.79 Å². The van der Waals surface area contributed by atoms with E-state index in [0.29, 0.717) is 25.6 Å². The van der Waals surface area contributed by atoms with Gasteiger partial charge in [0.2, 0.25) is 0 Å². The molecule has 0 spiro atoms. The van der Waals surface area contributed by atoms with Gasteiger partial charge in [-0.15, -0.1) is 0 Å². The van der Waals surface area contributed by atoms with Gasteiger partial charge in [0.1, 0.15) is 0 Å². The molecule has 0 atom stereocenters. The summed E-state index contributed by atoms with van der Waals surface area (Å²) in [7, 11) is 0. The lowest BCUT2D eigenvalue weighted by Crippen LogP contribution is -2.25. The lowest BCUT2D eigenvalue weighted by Gasteiger charge is -2.06. The molecule has 3 heteroatoms. The number of carbonyl (C=O) groups excluding carboxylic acids is 1. The van der Waals surface area contributed by atoms with Crippen LogP contribution in [0.25, 0.3) is 0 Å². The Morgan fingerprint density at radius 2 is 2.18 bits per heavy atom. The molecule has 3 nitrogen and oxygen atoms in total. The standard InChI is InChI=1S/C8H17NO2/c1-4-11-8(10)5-6-9-7(2)3/h7,9H,4-6H2,1-3H3. The SMILES string of the molecule is CCOC(=O)CCNC(C)C. The Bertz CT molecular complexity index is 113. The second-order valence-electron chi connectivity index (χ2n) is 2.66. The van der Waals surface area contributed by atoms with Gasteiger partial charge < -0.3 is 10.1 Å². The van der Waals surface area contributed by atoms with Crippen LogP contribution in [0.1, 0.15) is 27.2 Å². The fourth-order valence-corrected chi connectivity index (χ4v) is 0.696. The average Bonchev–Trinajstić information content (AvgIpc) is 1.87. The van der Waals surface area contributed by atoms with Crippen molar-refractivity contribution in [2.45, 2.75) is 33.2 Å². The maximum absolute atomic E-state index is 10.8. The molecule has 0 aliphatic rings. The topological polar surface area (TPSA) is 38.3 Å². The lowest BCUT2D eigenvalue weighted by molar-refractivity contribution is -0.142. The van der Waals surface area contributed by atoms with Crippen LogP contribution < -0.4 is 5.32 Å². The molecule has 0 aromatic heterocycles. The van der Waals surface area contributed by atoms with E-state index in [1.807, 2.05) is 20.8 Å². The zero-order valence-electron chi connectivity index (χ0n) is 7.52. The van der Waals surface area contributed by atoms with Gasteiger partial charge in [0.15, 0.2) is 0 Å². The van der Waals surface area contributed by atoms with Crippen LogP contribution in [-0.2, 0) is 9.53 Å². The first kappa shape index (κ1) is 10.4. The molecule has 1 N–H and O–H groups in total. The van der Waals surface area contributed by atoms with Crippen LogP contribution in [0.2, 0.25) is 0 Å². The second-order valence-corrected chi connectivity index (χ2v) is 2.66. The van der Waals surface area contributed by atoms with Gasteiger partial charge in [-0.2, -0.15) is 0 Å². The van der Waals surface area contributed by atoms with Crippen LogP contribution >= 0.6 is 0 Å². The smallest absolute Gasteiger partial charge is 0.307 e. The molecule has 0 saturated heterocycles. The van der Waals surface area contributed by atoms with E-state index in [-0.39, 0.29) is 5.97 Å². The Balaban J connectivity index is 3.17. The van der Waals surface area contributed by atoms with Crippen LogP contribution in [0.4, 0.5) is 0 Å². The van der Waals surface area contributed by atoms with Gasteiger partial charge in [0.05, 0.1) is 13.0 Å². The van der Waals surface area contributed by atoms with Crippen molar-refractivity contribution in [3.63, 3.8) is 0 Å². The van der Waals surface area contributed by atoms with Crippen LogP contribution in [0.3, 0.4) is 0 Å². The van der Waals surface area contributed by atoms with Crippen molar-refractivity contribution >= 4 is 5.97 Å². The summed E-state index contributed by atoms with van der Waals surface area (Å²) in [6.45, 7) is 7.08. The van der Waals surface area contributed by atoms with E-state index in [1.165, 1.54) is 0 Å². The first-order valence-electron chi connectivity index (χ1n) is 4.05. The molecule has 0 aromatic rings. The highest BCUT2D eigenvalue weighted by atomic mass is 16.5. The first-order valence-corrected chi connectivity index (χ1v) is 4.05. The molecular formula is C8H17NO2. The molecular weight excluding hydrogens is 142 g/mol. The van der Waals surface area contributed by atoms with E-state index >= 15 is 0 Å². The molecule has 66 valence electrons. The number of esters is 1. The molecule has 0 amide bonds. The quantitative estimate of drug-likeness (QED) is 0.607. The Morgan fingerprint density at radius 1 is 1.55 bits per heavy atom. The third kappa shape index (κ3) is 7.33. The molecule has 0 bridgehead atoms. The Kier molecular flexibility index (Phi) is 5.84. The summed E-state index contributed by atoms with van der Waals surface area (Å²) >= 11 is 0. The summed E-state index contributed by atoms with van der Waals surface area (Å²) < 4.78 is 4.74. The molecule has 0 radical (unpaired) electrons. The van der Waals surface area contributed by atoms with Crippen LogP contribution in [-0.4, -0.2) is 25.2 Å². The molecule has 0 rings (SSSR count). The van der Waals surface area contributed by atoms with E-state index in [2.05, 4.69) is 5.32 Å². The summed E-state index contributed by atoms with van der Waals surface area (Å²) in [6.07, 6.45) is 0.464. The van der Waals surface area contributed by atoms with Crippen molar-refractivity contribution in [1.29, 1.82) is 0 Å².